The fourth-order valence-corrected chi connectivity index (χ4v) is 0.640. The molecular formula is C7H13O2S. The summed E-state index contributed by atoms with van der Waals surface area (Å²) in [5.41, 5.74) is -0.0287. The van der Waals surface area contributed by atoms with E-state index in [0.29, 0.717) is 12.8 Å². The normalized spacial score (nSPS) is 12.7. The van der Waals surface area contributed by atoms with Crippen LogP contribution in [0.25, 0.3) is 0 Å². The molecule has 0 fully saturated rings. The third kappa shape index (κ3) is 4.68. The standard InChI is InChI=1S/C7H13O2S/c1-4-5-7(8)9-6(2)10-3/h6H,1,4-5H2,2-3H3. The predicted octanol–water partition coefficient (Wildman–Crippen LogP) is 1.85. The van der Waals surface area contributed by atoms with Crippen molar-refractivity contribution in [1.82, 2.24) is 0 Å². The van der Waals surface area contributed by atoms with Gasteiger partial charge in [0, 0.05) is 6.42 Å². The minimum atomic E-state index is -0.156. The van der Waals surface area contributed by atoms with E-state index in [0.717, 1.165) is 0 Å². The Balaban J connectivity index is 3.37. The summed E-state index contributed by atoms with van der Waals surface area (Å²) in [6.07, 6.45) is 2.94. The second-order valence-corrected chi connectivity index (χ2v) is 3.03. The lowest BCUT2D eigenvalue weighted by molar-refractivity contribution is -0.144. The van der Waals surface area contributed by atoms with E-state index in [-0.39, 0.29) is 11.4 Å². The van der Waals surface area contributed by atoms with E-state index in [1.807, 2.05) is 13.2 Å². The maximum atomic E-state index is 10.7. The fraction of sp³-hybridized carbons (Fsp3) is 0.714. The van der Waals surface area contributed by atoms with Gasteiger partial charge in [-0.2, -0.15) is 0 Å². The third-order valence-corrected chi connectivity index (χ3v) is 1.77. The molecule has 1 atom stereocenters. The van der Waals surface area contributed by atoms with Gasteiger partial charge in [0.25, 0.3) is 0 Å². The van der Waals surface area contributed by atoms with Crippen LogP contribution >= 0.6 is 11.8 Å². The molecule has 0 aromatic carbocycles. The van der Waals surface area contributed by atoms with Gasteiger partial charge in [0.05, 0.1) is 0 Å². The summed E-state index contributed by atoms with van der Waals surface area (Å²) >= 11 is 1.52. The van der Waals surface area contributed by atoms with Crippen molar-refractivity contribution in [2.45, 2.75) is 25.2 Å². The zero-order chi connectivity index (χ0) is 7.98. The molecule has 0 spiro atoms. The van der Waals surface area contributed by atoms with Crippen LogP contribution in [0, 0.1) is 6.92 Å². The van der Waals surface area contributed by atoms with Crippen LogP contribution in [0.15, 0.2) is 0 Å². The van der Waals surface area contributed by atoms with Gasteiger partial charge in [-0.25, -0.2) is 0 Å². The van der Waals surface area contributed by atoms with Crippen molar-refractivity contribution in [2.24, 2.45) is 0 Å². The highest BCUT2D eigenvalue weighted by atomic mass is 32.2. The topological polar surface area (TPSA) is 26.3 Å². The molecule has 0 aliphatic rings. The first kappa shape index (κ1) is 9.82. The molecule has 0 rings (SSSR count). The van der Waals surface area contributed by atoms with E-state index in [2.05, 4.69) is 6.92 Å². The van der Waals surface area contributed by atoms with Gasteiger partial charge in [0.1, 0.15) is 5.44 Å². The zero-order valence-corrected chi connectivity index (χ0v) is 7.24. The number of carbonyl (C=O) groups is 1. The van der Waals surface area contributed by atoms with Gasteiger partial charge in [0.15, 0.2) is 0 Å². The summed E-state index contributed by atoms with van der Waals surface area (Å²) in [4.78, 5) is 10.7. The van der Waals surface area contributed by atoms with Crippen LogP contribution in [0.3, 0.4) is 0 Å². The molecule has 10 heavy (non-hydrogen) atoms. The average molecular weight is 161 g/mol. The molecule has 0 N–H and O–H groups in total. The Labute approximate surface area is 66.3 Å². The third-order valence-electron chi connectivity index (χ3n) is 1.01. The minimum Gasteiger partial charge on any atom is -0.452 e. The summed E-state index contributed by atoms with van der Waals surface area (Å²) in [5.74, 6) is -0.156. The smallest absolute Gasteiger partial charge is 0.306 e. The Bertz CT molecular complexity index is 104. The number of hydrogen-bond acceptors (Lipinski definition) is 3. The Kier molecular flexibility index (Phi) is 5.49. The molecule has 1 unspecified atom stereocenters. The van der Waals surface area contributed by atoms with Crippen molar-refractivity contribution in [3.8, 4) is 0 Å². The maximum absolute atomic E-state index is 10.7. The van der Waals surface area contributed by atoms with Crippen molar-refractivity contribution < 1.29 is 9.53 Å². The van der Waals surface area contributed by atoms with E-state index >= 15 is 0 Å². The number of esters is 1. The molecule has 0 aliphatic carbocycles. The molecule has 59 valence electrons. The van der Waals surface area contributed by atoms with Gasteiger partial charge in [-0.05, 0) is 19.6 Å². The highest BCUT2D eigenvalue weighted by Gasteiger charge is 2.05. The van der Waals surface area contributed by atoms with E-state index in [4.69, 9.17) is 4.74 Å². The van der Waals surface area contributed by atoms with Crippen LogP contribution in [0.1, 0.15) is 19.8 Å². The van der Waals surface area contributed by atoms with Crippen LogP contribution in [0.4, 0.5) is 0 Å². The number of carbonyl (C=O) groups excluding carboxylic acids is 1. The molecule has 2 nitrogen and oxygen atoms in total. The summed E-state index contributed by atoms with van der Waals surface area (Å²) < 4.78 is 4.92. The average Bonchev–Trinajstić information content (AvgIpc) is 1.88. The number of hydrogen-bond donors (Lipinski definition) is 0. The highest BCUT2D eigenvalue weighted by molar-refractivity contribution is 7.99. The lowest BCUT2D eigenvalue weighted by atomic mass is 10.3. The monoisotopic (exact) mass is 161 g/mol. The lowest BCUT2D eigenvalue weighted by Gasteiger charge is -2.08. The van der Waals surface area contributed by atoms with Crippen LogP contribution in [0.2, 0.25) is 0 Å². The molecule has 0 amide bonds. The van der Waals surface area contributed by atoms with Gasteiger partial charge in [-0.3, -0.25) is 4.79 Å². The van der Waals surface area contributed by atoms with Crippen LogP contribution in [-0.4, -0.2) is 17.7 Å². The molecular weight excluding hydrogens is 148 g/mol. The van der Waals surface area contributed by atoms with Gasteiger partial charge < -0.3 is 4.74 Å². The predicted molar refractivity (Wildman–Crippen MR) is 43.7 cm³/mol. The molecule has 0 saturated heterocycles. The summed E-state index contributed by atoms with van der Waals surface area (Å²) in [6.45, 7) is 5.40. The minimum absolute atomic E-state index is 0.0287. The van der Waals surface area contributed by atoms with Crippen LogP contribution < -0.4 is 0 Å². The van der Waals surface area contributed by atoms with Gasteiger partial charge in [-0.1, -0.05) is 6.92 Å². The first-order valence-corrected chi connectivity index (χ1v) is 4.51. The Morgan fingerprint density at radius 2 is 2.40 bits per heavy atom. The number of thioether (sulfide) groups is 1. The number of rotatable bonds is 4. The quantitative estimate of drug-likeness (QED) is 0.465. The van der Waals surface area contributed by atoms with Crippen molar-refractivity contribution in [3.05, 3.63) is 6.92 Å². The van der Waals surface area contributed by atoms with Crippen molar-refractivity contribution in [2.75, 3.05) is 6.26 Å². The first-order chi connectivity index (χ1) is 4.70. The Morgan fingerprint density at radius 1 is 1.80 bits per heavy atom. The van der Waals surface area contributed by atoms with E-state index < -0.39 is 0 Å². The molecule has 0 aromatic rings. The second kappa shape index (κ2) is 5.59. The maximum Gasteiger partial charge on any atom is 0.306 e. The van der Waals surface area contributed by atoms with Crippen LogP contribution in [0.5, 0.6) is 0 Å². The first-order valence-electron chi connectivity index (χ1n) is 3.22. The van der Waals surface area contributed by atoms with Gasteiger partial charge >= 0.3 is 5.97 Å². The van der Waals surface area contributed by atoms with Gasteiger partial charge in [0.2, 0.25) is 0 Å². The second-order valence-electron chi connectivity index (χ2n) is 1.90. The summed E-state index contributed by atoms with van der Waals surface area (Å²) in [6, 6.07) is 0. The Morgan fingerprint density at radius 3 is 2.80 bits per heavy atom. The van der Waals surface area contributed by atoms with E-state index in [1.165, 1.54) is 11.8 Å². The molecule has 3 heteroatoms. The SMILES string of the molecule is [CH2]CCC(=O)OC(C)SC. The van der Waals surface area contributed by atoms with Crippen molar-refractivity contribution in [3.63, 3.8) is 0 Å². The zero-order valence-electron chi connectivity index (χ0n) is 6.42. The van der Waals surface area contributed by atoms with Crippen LogP contribution in [-0.2, 0) is 9.53 Å². The summed E-state index contributed by atoms with van der Waals surface area (Å²) in [5, 5.41) is 0. The molecule has 0 bridgehead atoms. The van der Waals surface area contributed by atoms with Gasteiger partial charge in [-0.15, -0.1) is 11.8 Å². The van der Waals surface area contributed by atoms with Crippen molar-refractivity contribution in [1.29, 1.82) is 0 Å². The van der Waals surface area contributed by atoms with E-state index in [1.54, 1.807) is 0 Å². The molecule has 0 aliphatic heterocycles. The molecule has 0 heterocycles. The highest BCUT2D eigenvalue weighted by Crippen LogP contribution is 2.07. The Hall–Kier alpha value is -0.180. The van der Waals surface area contributed by atoms with Crippen molar-refractivity contribution >= 4 is 17.7 Å². The molecule has 0 aromatic heterocycles. The number of ether oxygens (including phenoxy) is 1. The largest absolute Gasteiger partial charge is 0.452 e. The molecule has 1 radical (unpaired) electrons. The molecule has 0 saturated carbocycles. The fourth-order valence-electron chi connectivity index (χ4n) is 0.436. The summed E-state index contributed by atoms with van der Waals surface area (Å²) in [7, 11) is 0. The van der Waals surface area contributed by atoms with E-state index in [9.17, 15) is 4.79 Å². The lowest BCUT2D eigenvalue weighted by Crippen LogP contribution is -2.10.